The Kier molecular flexibility index (Phi) is 4.28. The topological polar surface area (TPSA) is 72.3 Å². The maximum Gasteiger partial charge on any atom is 0.237 e. The number of hydrogen-bond donors (Lipinski definition) is 2. The largest absolute Gasteiger partial charge is 0.368 e. The smallest absolute Gasteiger partial charge is 0.237 e. The van der Waals surface area contributed by atoms with Crippen molar-refractivity contribution < 1.29 is 4.79 Å². The first-order valence-electron chi connectivity index (χ1n) is 7.40. The first kappa shape index (κ1) is 13.8. The minimum atomic E-state index is -0.735. The zero-order chi connectivity index (χ0) is 13.2. The molecule has 2 rings (SSSR count). The predicted molar refractivity (Wildman–Crippen MR) is 73.0 cm³/mol. The molecule has 18 heavy (non-hydrogen) atoms. The average molecular weight is 253 g/mol. The van der Waals surface area contributed by atoms with Crippen LogP contribution >= 0.6 is 0 Å². The van der Waals surface area contributed by atoms with Crippen LogP contribution < -0.4 is 11.5 Å². The normalized spacial score (nSPS) is 37.2. The van der Waals surface area contributed by atoms with Crippen molar-refractivity contribution in [2.75, 3.05) is 13.1 Å². The molecule has 2 aliphatic rings. The summed E-state index contributed by atoms with van der Waals surface area (Å²) in [6.07, 6.45) is 7.76. The molecule has 1 saturated carbocycles. The van der Waals surface area contributed by atoms with E-state index in [0.717, 1.165) is 38.3 Å². The minimum Gasteiger partial charge on any atom is -0.368 e. The van der Waals surface area contributed by atoms with Crippen LogP contribution in [-0.2, 0) is 4.79 Å². The van der Waals surface area contributed by atoms with Crippen LogP contribution in [0, 0.1) is 5.92 Å². The van der Waals surface area contributed by atoms with Crippen LogP contribution in [0.25, 0.3) is 0 Å². The number of nitrogens with two attached hydrogens (primary N) is 2. The first-order valence-corrected chi connectivity index (χ1v) is 7.40. The quantitative estimate of drug-likeness (QED) is 0.774. The Hall–Kier alpha value is -0.610. The highest BCUT2D eigenvalue weighted by molar-refractivity contribution is 5.85. The van der Waals surface area contributed by atoms with E-state index in [4.69, 9.17) is 11.5 Å². The molecule has 0 aromatic carbocycles. The molecule has 104 valence electrons. The van der Waals surface area contributed by atoms with E-state index in [9.17, 15) is 4.79 Å². The molecule has 0 aromatic rings. The number of likely N-dealkylation sites (tertiary alicyclic amines) is 1. The van der Waals surface area contributed by atoms with Gasteiger partial charge in [-0.25, -0.2) is 0 Å². The molecule has 3 unspecified atom stereocenters. The fourth-order valence-corrected chi connectivity index (χ4v) is 3.80. The van der Waals surface area contributed by atoms with E-state index in [-0.39, 0.29) is 11.8 Å². The summed E-state index contributed by atoms with van der Waals surface area (Å²) < 4.78 is 0. The number of carbonyl (C=O) groups is 1. The number of hydrogen-bond acceptors (Lipinski definition) is 3. The Bertz CT molecular complexity index is 307. The van der Waals surface area contributed by atoms with Gasteiger partial charge in [-0.2, -0.15) is 0 Å². The highest BCUT2D eigenvalue weighted by Crippen LogP contribution is 2.36. The lowest BCUT2D eigenvalue weighted by molar-refractivity contribution is -0.124. The van der Waals surface area contributed by atoms with Gasteiger partial charge in [-0.05, 0) is 57.5 Å². The molecule has 3 atom stereocenters. The summed E-state index contributed by atoms with van der Waals surface area (Å²) in [4.78, 5) is 14.1. The molecule has 0 bridgehead atoms. The Balaban J connectivity index is 1.88. The number of rotatable bonds is 5. The molecule has 2 fully saturated rings. The monoisotopic (exact) mass is 253 g/mol. The Morgan fingerprint density at radius 1 is 1.39 bits per heavy atom. The van der Waals surface area contributed by atoms with Gasteiger partial charge in [-0.3, -0.25) is 4.79 Å². The lowest BCUT2D eigenvalue weighted by atomic mass is 9.85. The molecule has 1 aliphatic carbocycles. The average Bonchev–Trinajstić information content (AvgIpc) is 2.93. The Morgan fingerprint density at radius 2 is 2.17 bits per heavy atom. The number of nitrogens with zero attached hydrogens (tertiary/aromatic N) is 1. The van der Waals surface area contributed by atoms with E-state index in [0.29, 0.717) is 0 Å². The molecular formula is C14H27N3O. The second-order valence-electron chi connectivity index (χ2n) is 6.02. The molecule has 0 radical (unpaired) electrons. The third kappa shape index (κ3) is 2.54. The van der Waals surface area contributed by atoms with Crippen LogP contribution in [0.4, 0.5) is 0 Å². The molecule has 4 heteroatoms. The minimum absolute atomic E-state index is 0.285. The van der Waals surface area contributed by atoms with E-state index < -0.39 is 5.54 Å². The molecule has 0 aromatic heterocycles. The standard InChI is InChI=1S/C14H27N3O/c1-2-12-6-4-9-17(12)10-7-11-5-3-8-14(11,16)13(15)18/h11-12H,2-10,16H2,1H3,(H2,15,18). The number of amides is 1. The lowest BCUT2D eigenvalue weighted by Gasteiger charge is -2.31. The van der Waals surface area contributed by atoms with Crippen LogP contribution in [0.5, 0.6) is 0 Å². The van der Waals surface area contributed by atoms with Gasteiger partial charge in [-0.1, -0.05) is 13.3 Å². The third-order valence-electron chi connectivity index (χ3n) is 5.07. The Morgan fingerprint density at radius 3 is 2.83 bits per heavy atom. The van der Waals surface area contributed by atoms with Gasteiger partial charge in [0.1, 0.15) is 0 Å². The molecule has 1 aliphatic heterocycles. The summed E-state index contributed by atoms with van der Waals surface area (Å²) >= 11 is 0. The number of carbonyl (C=O) groups excluding carboxylic acids is 1. The maximum atomic E-state index is 11.5. The van der Waals surface area contributed by atoms with Crippen molar-refractivity contribution in [1.29, 1.82) is 0 Å². The molecule has 0 spiro atoms. The van der Waals surface area contributed by atoms with Gasteiger partial charge in [0, 0.05) is 6.04 Å². The molecule has 4 N–H and O–H groups in total. The van der Waals surface area contributed by atoms with Crippen LogP contribution in [0.15, 0.2) is 0 Å². The van der Waals surface area contributed by atoms with Gasteiger partial charge in [0.15, 0.2) is 0 Å². The second-order valence-corrected chi connectivity index (χ2v) is 6.02. The van der Waals surface area contributed by atoms with E-state index >= 15 is 0 Å². The van der Waals surface area contributed by atoms with Gasteiger partial charge in [-0.15, -0.1) is 0 Å². The highest BCUT2D eigenvalue weighted by Gasteiger charge is 2.44. The lowest BCUT2D eigenvalue weighted by Crippen LogP contribution is -2.55. The molecule has 1 amide bonds. The molecular weight excluding hydrogens is 226 g/mol. The van der Waals surface area contributed by atoms with Crippen molar-refractivity contribution >= 4 is 5.91 Å². The summed E-state index contributed by atoms with van der Waals surface area (Å²) in [7, 11) is 0. The zero-order valence-corrected chi connectivity index (χ0v) is 11.5. The SMILES string of the molecule is CCC1CCCN1CCC1CCCC1(N)C(N)=O. The van der Waals surface area contributed by atoms with Crippen LogP contribution in [0.3, 0.4) is 0 Å². The van der Waals surface area contributed by atoms with Crippen molar-refractivity contribution in [3.63, 3.8) is 0 Å². The van der Waals surface area contributed by atoms with E-state index in [1.165, 1.54) is 25.8 Å². The molecule has 1 heterocycles. The van der Waals surface area contributed by atoms with Crippen molar-refractivity contribution in [2.24, 2.45) is 17.4 Å². The molecule has 4 nitrogen and oxygen atoms in total. The summed E-state index contributed by atoms with van der Waals surface area (Å²) in [5, 5.41) is 0. The van der Waals surface area contributed by atoms with E-state index in [1.807, 2.05) is 0 Å². The molecule has 1 saturated heterocycles. The van der Waals surface area contributed by atoms with E-state index in [2.05, 4.69) is 11.8 Å². The summed E-state index contributed by atoms with van der Waals surface area (Å²) in [5.74, 6) is -0.0217. The third-order valence-corrected chi connectivity index (χ3v) is 5.07. The summed E-state index contributed by atoms with van der Waals surface area (Å²) in [6.45, 7) is 4.55. The fourth-order valence-electron chi connectivity index (χ4n) is 3.80. The van der Waals surface area contributed by atoms with Crippen LogP contribution in [0.1, 0.15) is 51.9 Å². The van der Waals surface area contributed by atoms with Crippen molar-refractivity contribution in [2.45, 2.75) is 63.5 Å². The van der Waals surface area contributed by atoms with Gasteiger partial charge in [0.2, 0.25) is 5.91 Å². The van der Waals surface area contributed by atoms with Crippen molar-refractivity contribution in [3.8, 4) is 0 Å². The Labute approximate surface area is 110 Å². The van der Waals surface area contributed by atoms with Crippen molar-refractivity contribution in [1.82, 2.24) is 4.90 Å². The number of primary amides is 1. The predicted octanol–water partition coefficient (Wildman–Crippen LogP) is 1.23. The van der Waals surface area contributed by atoms with Gasteiger partial charge >= 0.3 is 0 Å². The zero-order valence-electron chi connectivity index (χ0n) is 11.5. The summed E-state index contributed by atoms with van der Waals surface area (Å²) in [6, 6.07) is 0.743. The fraction of sp³-hybridized carbons (Fsp3) is 0.929. The van der Waals surface area contributed by atoms with Gasteiger partial charge < -0.3 is 16.4 Å². The summed E-state index contributed by atoms with van der Waals surface area (Å²) in [5.41, 5.74) is 11.0. The highest BCUT2D eigenvalue weighted by atomic mass is 16.1. The van der Waals surface area contributed by atoms with Gasteiger partial charge in [0.25, 0.3) is 0 Å². The maximum absolute atomic E-state index is 11.5. The van der Waals surface area contributed by atoms with Gasteiger partial charge in [0.05, 0.1) is 5.54 Å². The first-order chi connectivity index (χ1) is 8.58. The van der Waals surface area contributed by atoms with Crippen molar-refractivity contribution in [3.05, 3.63) is 0 Å². The van der Waals surface area contributed by atoms with E-state index in [1.54, 1.807) is 0 Å². The van der Waals surface area contributed by atoms with Crippen LogP contribution in [0.2, 0.25) is 0 Å². The second kappa shape index (κ2) is 5.57. The van der Waals surface area contributed by atoms with Crippen LogP contribution in [-0.4, -0.2) is 35.5 Å².